The van der Waals surface area contributed by atoms with Gasteiger partial charge in [0.1, 0.15) is 6.54 Å². The summed E-state index contributed by atoms with van der Waals surface area (Å²) in [6.07, 6.45) is -0.0657. The number of carboxylic acids is 1. The second kappa shape index (κ2) is 12.8. The Bertz CT molecular complexity index is 1400. The van der Waals surface area contributed by atoms with Crippen molar-refractivity contribution >= 4 is 29.1 Å². The molecule has 3 heterocycles. The number of amides is 2. The molecule has 1 unspecified atom stereocenters. The molecule has 0 saturated carbocycles. The van der Waals surface area contributed by atoms with Crippen LogP contribution in [0.4, 0.5) is 13.2 Å². The largest absolute Gasteiger partial charge is 0.476 e. The zero-order chi connectivity index (χ0) is 29.7. The summed E-state index contributed by atoms with van der Waals surface area (Å²) in [6, 6.07) is 9.19. The molecule has 1 aliphatic heterocycles. The number of nitrogens with one attached hydrogen (secondary N) is 1. The number of benzene rings is 1. The van der Waals surface area contributed by atoms with E-state index in [-0.39, 0.29) is 41.6 Å². The predicted molar refractivity (Wildman–Crippen MR) is 146 cm³/mol. The Labute approximate surface area is 239 Å². The Hall–Kier alpha value is -3.74. The normalized spacial score (nSPS) is 17.3. The molecule has 1 atom stereocenters. The number of aromatic carboxylic acids is 1. The highest BCUT2D eigenvalue weighted by molar-refractivity contribution is 7.09. The summed E-state index contributed by atoms with van der Waals surface area (Å²) in [5, 5.41) is 17.4. The van der Waals surface area contributed by atoms with E-state index in [0.29, 0.717) is 25.9 Å². The number of nitrogens with zero attached hydrogens (tertiary/aromatic N) is 4. The number of carboxylic acid groups (broad SMARTS) is 1. The van der Waals surface area contributed by atoms with Crippen molar-refractivity contribution in [3.05, 3.63) is 68.9 Å². The maximum atomic E-state index is 12.7. The molecule has 2 aromatic heterocycles. The number of carbonyl (C=O) groups excluding carboxylic acids is 2. The minimum Gasteiger partial charge on any atom is -0.476 e. The third-order valence-electron chi connectivity index (χ3n) is 7.43. The molecule has 2 N–H and O–H groups in total. The molecular weight excluding hydrogens is 559 g/mol. The molecule has 1 aliphatic carbocycles. The van der Waals surface area contributed by atoms with Crippen LogP contribution in [0.2, 0.25) is 0 Å². The number of halogens is 3. The van der Waals surface area contributed by atoms with E-state index < -0.39 is 17.8 Å². The van der Waals surface area contributed by atoms with Crippen LogP contribution < -0.4 is 5.32 Å². The number of fused-ring (bicyclic) bond motifs is 1. The van der Waals surface area contributed by atoms with Crippen LogP contribution in [-0.4, -0.2) is 62.7 Å². The van der Waals surface area contributed by atoms with Gasteiger partial charge in [0, 0.05) is 37.1 Å². The predicted octanol–water partition coefficient (Wildman–Crippen LogP) is 4.62. The Kier molecular flexibility index (Phi) is 9.46. The number of alkyl halides is 3. The quantitative estimate of drug-likeness (QED) is 0.447. The fourth-order valence-electron chi connectivity index (χ4n) is 5.19. The lowest BCUT2D eigenvalue weighted by molar-refractivity contribution is -0.142. The lowest BCUT2D eigenvalue weighted by Crippen LogP contribution is -2.40. The molecule has 220 valence electrons. The lowest BCUT2D eigenvalue weighted by atomic mass is 9.82. The van der Waals surface area contributed by atoms with Gasteiger partial charge in [-0.25, -0.2) is 9.78 Å². The van der Waals surface area contributed by atoms with E-state index in [1.807, 2.05) is 12.1 Å². The monoisotopic (exact) mass is 591 g/mol. The summed E-state index contributed by atoms with van der Waals surface area (Å²) < 4.78 is 39.2. The molecule has 1 saturated heterocycles. The van der Waals surface area contributed by atoms with Crippen molar-refractivity contribution in [1.29, 1.82) is 0 Å². The Morgan fingerprint density at radius 1 is 1.15 bits per heavy atom. The van der Waals surface area contributed by atoms with Gasteiger partial charge in [0.25, 0.3) is 0 Å². The number of aromatic nitrogens is 3. The van der Waals surface area contributed by atoms with Gasteiger partial charge >= 0.3 is 12.1 Å². The maximum absolute atomic E-state index is 12.7. The molecule has 2 amide bonds. The van der Waals surface area contributed by atoms with Gasteiger partial charge in [-0.2, -0.15) is 18.3 Å². The fourth-order valence-corrected chi connectivity index (χ4v) is 6.15. The molecule has 1 aromatic carbocycles. The van der Waals surface area contributed by atoms with Crippen molar-refractivity contribution < 1.29 is 32.7 Å². The van der Waals surface area contributed by atoms with Crippen molar-refractivity contribution in [1.82, 2.24) is 25.0 Å². The van der Waals surface area contributed by atoms with E-state index in [2.05, 4.69) is 27.5 Å². The summed E-state index contributed by atoms with van der Waals surface area (Å²) >= 11 is 1.29. The zero-order valence-electron chi connectivity index (χ0n) is 22.8. The van der Waals surface area contributed by atoms with E-state index >= 15 is 0 Å². The van der Waals surface area contributed by atoms with Gasteiger partial charge in [0.15, 0.2) is 11.4 Å². The van der Waals surface area contributed by atoms with Gasteiger partial charge in [0.2, 0.25) is 11.8 Å². The molecular formula is C28H32F3N5O4S. The van der Waals surface area contributed by atoms with Gasteiger partial charge in [-0.05, 0) is 56.2 Å². The number of carbonyl (C=O) groups is 3. The van der Waals surface area contributed by atoms with Crippen LogP contribution in [0.5, 0.6) is 0 Å². The molecule has 0 radical (unpaired) electrons. The van der Waals surface area contributed by atoms with Crippen LogP contribution in [0.1, 0.15) is 75.5 Å². The Morgan fingerprint density at radius 3 is 2.46 bits per heavy atom. The van der Waals surface area contributed by atoms with E-state index in [1.165, 1.54) is 34.8 Å². The highest BCUT2D eigenvalue weighted by Gasteiger charge is 2.35. The number of piperidine rings is 1. The minimum atomic E-state index is -4.54. The van der Waals surface area contributed by atoms with Crippen molar-refractivity contribution in [3.8, 4) is 0 Å². The van der Waals surface area contributed by atoms with Crippen LogP contribution >= 0.6 is 11.3 Å². The number of aryl methyl sites for hydroxylation is 2. The standard InChI is InChI=1S/C16H17F3N4O3S.C12H15NO/c1-9-6-12(16(17,18)19)21-23(9)7-13(24)22-4-2-10(3-5-22)14-20-11(8-27-14)15(25)26;1-13-12(14)11-8-4-6-9-5-2-3-7-10(9)11/h6,8,10H,2-5,7H2,1H3,(H,25,26);2-3,5,7,11H,4,6,8H2,1H3,(H,13,14). The van der Waals surface area contributed by atoms with Crippen LogP contribution in [-0.2, 0) is 28.7 Å². The van der Waals surface area contributed by atoms with Crippen LogP contribution in [0.15, 0.2) is 35.7 Å². The van der Waals surface area contributed by atoms with Gasteiger partial charge < -0.3 is 15.3 Å². The smallest absolute Gasteiger partial charge is 0.435 e. The SMILES string of the molecule is CNC(=O)C1CCCc2ccccc21.Cc1cc(C(F)(F)F)nn1CC(=O)N1CCC(c2nc(C(=O)O)cs2)CC1. The number of likely N-dealkylation sites (N-methyl/N-ethyl adjacent to an activating group) is 1. The van der Waals surface area contributed by atoms with Crippen LogP contribution in [0.25, 0.3) is 0 Å². The van der Waals surface area contributed by atoms with E-state index in [0.717, 1.165) is 35.0 Å². The second-order valence-corrected chi connectivity index (χ2v) is 11.0. The van der Waals surface area contributed by atoms with Gasteiger partial charge in [-0.15, -0.1) is 11.3 Å². The van der Waals surface area contributed by atoms with E-state index in [9.17, 15) is 27.6 Å². The number of rotatable bonds is 5. The van der Waals surface area contributed by atoms with Gasteiger partial charge in [-0.1, -0.05) is 24.3 Å². The summed E-state index contributed by atoms with van der Waals surface area (Å²) in [4.78, 5) is 40.6. The summed E-state index contributed by atoms with van der Waals surface area (Å²) in [5.41, 5.74) is 1.84. The molecule has 9 nitrogen and oxygen atoms in total. The van der Waals surface area contributed by atoms with Crippen molar-refractivity contribution in [2.24, 2.45) is 0 Å². The molecule has 2 aliphatic rings. The average molecular weight is 592 g/mol. The third kappa shape index (κ3) is 7.32. The molecule has 41 heavy (non-hydrogen) atoms. The highest BCUT2D eigenvalue weighted by Crippen LogP contribution is 2.32. The topological polar surface area (TPSA) is 117 Å². The first-order valence-electron chi connectivity index (χ1n) is 13.4. The van der Waals surface area contributed by atoms with Crippen molar-refractivity contribution in [2.75, 3.05) is 20.1 Å². The summed E-state index contributed by atoms with van der Waals surface area (Å²) in [5.74, 6) is -1.06. The minimum absolute atomic E-state index is 0.0168. The number of hydrogen-bond donors (Lipinski definition) is 2. The number of likely N-dealkylation sites (tertiary alicyclic amines) is 1. The first kappa shape index (κ1) is 30.2. The zero-order valence-corrected chi connectivity index (χ0v) is 23.6. The molecule has 13 heteroatoms. The molecule has 3 aromatic rings. The summed E-state index contributed by atoms with van der Waals surface area (Å²) in [6.45, 7) is 2.12. The van der Waals surface area contributed by atoms with E-state index in [4.69, 9.17) is 5.11 Å². The Morgan fingerprint density at radius 2 is 1.85 bits per heavy atom. The van der Waals surface area contributed by atoms with Crippen molar-refractivity contribution in [2.45, 2.75) is 63.6 Å². The summed E-state index contributed by atoms with van der Waals surface area (Å²) in [7, 11) is 1.71. The van der Waals surface area contributed by atoms with Gasteiger partial charge in [-0.3, -0.25) is 14.3 Å². The number of hydrogen-bond acceptors (Lipinski definition) is 6. The van der Waals surface area contributed by atoms with Crippen molar-refractivity contribution in [3.63, 3.8) is 0 Å². The lowest BCUT2D eigenvalue weighted by Gasteiger charge is -2.31. The van der Waals surface area contributed by atoms with Crippen LogP contribution in [0, 0.1) is 6.92 Å². The first-order valence-corrected chi connectivity index (χ1v) is 14.2. The maximum Gasteiger partial charge on any atom is 0.435 e. The first-order chi connectivity index (χ1) is 19.5. The molecule has 1 fully saturated rings. The van der Waals surface area contributed by atoms with Crippen LogP contribution in [0.3, 0.4) is 0 Å². The average Bonchev–Trinajstić information content (AvgIpc) is 3.60. The molecule has 0 spiro atoms. The second-order valence-electron chi connectivity index (χ2n) is 10.1. The highest BCUT2D eigenvalue weighted by atomic mass is 32.1. The fraction of sp³-hybridized carbons (Fsp3) is 0.464. The molecule has 0 bridgehead atoms. The van der Waals surface area contributed by atoms with E-state index in [1.54, 1.807) is 11.9 Å². The third-order valence-corrected chi connectivity index (χ3v) is 8.43. The number of thiazole rings is 1. The van der Waals surface area contributed by atoms with Gasteiger partial charge in [0.05, 0.1) is 10.9 Å². The molecule has 5 rings (SSSR count). The Balaban J connectivity index is 0.000000231.